The van der Waals surface area contributed by atoms with Crippen molar-refractivity contribution in [1.29, 1.82) is 0 Å². The first-order chi connectivity index (χ1) is 9.61. The van der Waals surface area contributed by atoms with E-state index >= 15 is 0 Å². The van der Waals surface area contributed by atoms with E-state index in [1.54, 1.807) is 23.1 Å². The van der Waals surface area contributed by atoms with Crippen LogP contribution < -0.4 is 10.6 Å². The third-order valence-corrected chi connectivity index (χ3v) is 3.13. The minimum atomic E-state index is -0.354. The highest BCUT2D eigenvalue weighted by atomic mass is 19.1. The van der Waals surface area contributed by atoms with Gasteiger partial charge in [-0.25, -0.2) is 4.39 Å². The number of anilines is 2. The molecule has 0 aliphatic rings. The molecule has 2 rings (SSSR count). The summed E-state index contributed by atoms with van der Waals surface area (Å²) in [5, 5.41) is 0. The molecule has 104 valence electrons. The van der Waals surface area contributed by atoms with Gasteiger partial charge in [0, 0.05) is 17.9 Å². The molecule has 0 heterocycles. The maximum Gasteiger partial charge on any atom is 0.231 e. The van der Waals surface area contributed by atoms with E-state index < -0.39 is 0 Å². The molecule has 2 aromatic carbocycles. The first kappa shape index (κ1) is 14.1. The summed E-state index contributed by atoms with van der Waals surface area (Å²) in [6.45, 7) is 2.34. The van der Waals surface area contributed by atoms with Gasteiger partial charge in [0.2, 0.25) is 5.91 Å². The van der Waals surface area contributed by atoms with Crippen LogP contribution in [-0.4, -0.2) is 12.5 Å². The van der Waals surface area contributed by atoms with Crippen LogP contribution in [0, 0.1) is 5.82 Å². The first-order valence-electron chi connectivity index (χ1n) is 6.51. The Morgan fingerprint density at radius 3 is 2.60 bits per heavy atom. The van der Waals surface area contributed by atoms with Crippen molar-refractivity contribution in [2.45, 2.75) is 13.3 Å². The van der Waals surface area contributed by atoms with Gasteiger partial charge in [-0.05, 0) is 36.8 Å². The van der Waals surface area contributed by atoms with Crippen molar-refractivity contribution in [3.8, 4) is 0 Å². The molecule has 0 bridgehead atoms. The van der Waals surface area contributed by atoms with E-state index in [-0.39, 0.29) is 18.1 Å². The van der Waals surface area contributed by atoms with E-state index in [4.69, 9.17) is 5.73 Å². The van der Waals surface area contributed by atoms with Crippen molar-refractivity contribution in [3.63, 3.8) is 0 Å². The van der Waals surface area contributed by atoms with E-state index in [9.17, 15) is 9.18 Å². The van der Waals surface area contributed by atoms with Crippen molar-refractivity contribution in [2.24, 2.45) is 0 Å². The lowest BCUT2D eigenvalue weighted by molar-refractivity contribution is -0.117. The lowest BCUT2D eigenvalue weighted by Crippen LogP contribution is -2.32. The van der Waals surface area contributed by atoms with Crippen LogP contribution in [0.3, 0.4) is 0 Å². The summed E-state index contributed by atoms with van der Waals surface area (Å²) in [6.07, 6.45) is 0.205. The van der Waals surface area contributed by atoms with E-state index in [1.165, 1.54) is 12.1 Å². The van der Waals surface area contributed by atoms with Crippen LogP contribution in [0.5, 0.6) is 0 Å². The molecule has 3 nitrogen and oxygen atoms in total. The number of para-hydroxylation sites is 1. The van der Waals surface area contributed by atoms with E-state index in [1.807, 2.05) is 25.1 Å². The maximum absolute atomic E-state index is 13.3. The number of likely N-dealkylation sites (N-methyl/N-ethyl adjacent to an activating group) is 1. The predicted molar refractivity (Wildman–Crippen MR) is 79.0 cm³/mol. The Hall–Kier alpha value is -2.36. The van der Waals surface area contributed by atoms with E-state index in [0.717, 1.165) is 5.56 Å². The molecule has 0 spiro atoms. The second-order valence-corrected chi connectivity index (χ2v) is 4.49. The number of nitrogens with zero attached hydrogens (tertiary/aromatic N) is 1. The fourth-order valence-corrected chi connectivity index (χ4v) is 2.10. The summed E-state index contributed by atoms with van der Waals surface area (Å²) in [5.41, 5.74) is 7.78. The minimum Gasteiger partial charge on any atom is -0.398 e. The van der Waals surface area contributed by atoms with Crippen molar-refractivity contribution >= 4 is 17.3 Å². The molecule has 0 aliphatic heterocycles. The highest BCUT2D eigenvalue weighted by Gasteiger charge is 2.15. The van der Waals surface area contributed by atoms with Gasteiger partial charge in [0.25, 0.3) is 0 Å². The monoisotopic (exact) mass is 272 g/mol. The quantitative estimate of drug-likeness (QED) is 0.870. The Balaban J connectivity index is 2.20. The van der Waals surface area contributed by atoms with Crippen molar-refractivity contribution in [2.75, 3.05) is 17.2 Å². The average Bonchev–Trinajstić information content (AvgIpc) is 2.42. The highest BCUT2D eigenvalue weighted by Crippen LogP contribution is 2.18. The smallest absolute Gasteiger partial charge is 0.231 e. The molecule has 1 amide bonds. The van der Waals surface area contributed by atoms with Gasteiger partial charge in [-0.15, -0.1) is 0 Å². The number of rotatable bonds is 4. The number of hydrogen-bond acceptors (Lipinski definition) is 2. The lowest BCUT2D eigenvalue weighted by atomic mass is 10.1. The molecule has 0 unspecified atom stereocenters. The van der Waals surface area contributed by atoms with Gasteiger partial charge in [0.15, 0.2) is 0 Å². The number of hydrogen-bond donors (Lipinski definition) is 1. The van der Waals surface area contributed by atoms with Gasteiger partial charge in [-0.3, -0.25) is 4.79 Å². The lowest BCUT2D eigenvalue weighted by Gasteiger charge is -2.21. The molecule has 0 atom stereocenters. The summed E-state index contributed by atoms with van der Waals surface area (Å²) in [7, 11) is 0. The molecule has 0 fully saturated rings. The van der Waals surface area contributed by atoms with Crippen LogP contribution in [0.15, 0.2) is 48.5 Å². The van der Waals surface area contributed by atoms with Crippen molar-refractivity contribution < 1.29 is 9.18 Å². The van der Waals surface area contributed by atoms with Gasteiger partial charge in [-0.2, -0.15) is 0 Å². The summed E-state index contributed by atoms with van der Waals surface area (Å²) in [6, 6.07) is 13.3. The van der Waals surface area contributed by atoms with E-state index in [2.05, 4.69) is 0 Å². The second-order valence-electron chi connectivity index (χ2n) is 4.49. The molecular weight excluding hydrogens is 255 g/mol. The summed E-state index contributed by atoms with van der Waals surface area (Å²) in [4.78, 5) is 13.9. The number of amides is 1. The summed E-state index contributed by atoms with van der Waals surface area (Å²) < 4.78 is 13.3. The Bertz CT molecular complexity index is 613. The van der Waals surface area contributed by atoms with Crippen molar-refractivity contribution in [3.05, 3.63) is 59.9 Å². The Kier molecular flexibility index (Phi) is 4.35. The molecular formula is C16H17FN2O. The van der Waals surface area contributed by atoms with Gasteiger partial charge in [0.1, 0.15) is 5.82 Å². The SMILES string of the molecule is CCN(C(=O)Cc1ccccc1N)c1cccc(F)c1. The Morgan fingerprint density at radius 2 is 1.95 bits per heavy atom. The number of carbonyl (C=O) groups is 1. The highest BCUT2D eigenvalue weighted by molar-refractivity contribution is 5.95. The number of halogens is 1. The van der Waals surface area contributed by atoms with Crippen LogP contribution >= 0.6 is 0 Å². The van der Waals surface area contributed by atoms with Crippen LogP contribution in [0.1, 0.15) is 12.5 Å². The fraction of sp³-hybridized carbons (Fsp3) is 0.188. The first-order valence-corrected chi connectivity index (χ1v) is 6.51. The van der Waals surface area contributed by atoms with Crippen molar-refractivity contribution in [1.82, 2.24) is 0 Å². The number of nitrogen functional groups attached to an aromatic ring is 1. The molecule has 2 aromatic rings. The van der Waals surface area contributed by atoms with Crippen LogP contribution in [0.4, 0.5) is 15.8 Å². The van der Waals surface area contributed by atoms with Gasteiger partial charge < -0.3 is 10.6 Å². The number of nitrogens with two attached hydrogens (primary N) is 1. The molecule has 2 N–H and O–H groups in total. The molecule has 4 heteroatoms. The zero-order valence-electron chi connectivity index (χ0n) is 11.3. The number of carbonyl (C=O) groups excluding carboxylic acids is 1. The molecule has 0 radical (unpaired) electrons. The van der Waals surface area contributed by atoms with Crippen LogP contribution in [-0.2, 0) is 11.2 Å². The second kappa shape index (κ2) is 6.19. The zero-order chi connectivity index (χ0) is 14.5. The maximum atomic E-state index is 13.3. The molecule has 0 saturated heterocycles. The summed E-state index contributed by atoms with van der Waals surface area (Å²) >= 11 is 0. The van der Waals surface area contributed by atoms with Gasteiger partial charge >= 0.3 is 0 Å². The van der Waals surface area contributed by atoms with Gasteiger partial charge in [-0.1, -0.05) is 24.3 Å². The Labute approximate surface area is 117 Å². The normalized spacial score (nSPS) is 10.3. The molecule has 0 saturated carbocycles. The largest absolute Gasteiger partial charge is 0.398 e. The molecule has 20 heavy (non-hydrogen) atoms. The predicted octanol–water partition coefficient (Wildman–Crippen LogP) is 3.00. The minimum absolute atomic E-state index is 0.101. The third-order valence-electron chi connectivity index (χ3n) is 3.13. The van der Waals surface area contributed by atoms with Gasteiger partial charge in [0.05, 0.1) is 6.42 Å². The zero-order valence-corrected chi connectivity index (χ0v) is 11.3. The Morgan fingerprint density at radius 1 is 1.20 bits per heavy atom. The molecule has 0 aromatic heterocycles. The fourth-order valence-electron chi connectivity index (χ4n) is 2.10. The topological polar surface area (TPSA) is 46.3 Å². The number of benzene rings is 2. The van der Waals surface area contributed by atoms with E-state index in [0.29, 0.717) is 17.9 Å². The average molecular weight is 272 g/mol. The standard InChI is InChI=1S/C16H17FN2O/c1-2-19(14-8-5-7-13(17)11-14)16(20)10-12-6-3-4-9-15(12)18/h3-9,11H,2,10,18H2,1H3. The van der Waals surface area contributed by atoms with Crippen LogP contribution in [0.2, 0.25) is 0 Å². The molecule has 0 aliphatic carbocycles. The van der Waals surface area contributed by atoms with Crippen LogP contribution in [0.25, 0.3) is 0 Å². The summed E-state index contributed by atoms with van der Waals surface area (Å²) in [5.74, 6) is -0.455. The third kappa shape index (κ3) is 3.15.